The number of carbonyl (C=O) groups is 1. The maximum atomic E-state index is 12.5. The summed E-state index contributed by atoms with van der Waals surface area (Å²) in [7, 11) is 0. The van der Waals surface area contributed by atoms with Crippen LogP contribution >= 0.6 is 11.3 Å². The Labute approximate surface area is 128 Å². The van der Waals surface area contributed by atoms with Crippen LogP contribution < -0.4 is 11.1 Å². The summed E-state index contributed by atoms with van der Waals surface area (Å²) in [5, 5.41) is 18.0. The van der Waals surface area contributed by atoms with Crippen LogP contribution in [0.25, 0.3) is 0 Å². The monoisotopic (exact) mass is 310 g/mol. The number of rotatable bonds is 5. The van der Waals surface area contributed by atoms with Crippen molar-refractivity contribution in [1.82, 2.24) is 10.3 Å². The van der Waals surface area contributed by atoms with Crippen molar-refractivity contribution < 1.29 is 10.0 Å². The number of amidine groups is 1. The van der Waals surface area contributed by atoms with Crippen LogP contribution in [0.3, 0.4) is 0 Å². The van der Waals surface area contributed by atoms with Crippen LogP contribution in [0.4, 0.5) is 0 Å². The number of nitrogens with one attached hydrogen (secondary N) is 1. The molecule has 6 nitrogen and oxygen atoms in total. The molecular weight excluding hydrogens is 288 g/mol. The Kier molecular flexibility index (Phi) is 5.17. The molecule has 0 aromatic carbocycles. The number of hydrogen-bond donors (Lipinski definition) is 3. The Balaban J connectivity index is 1.95. The average molecular weight is 310 g/mol. The molecule has 21 heavy (non-hydrogen) atoms. The van der Waals surface area contributed by atoms with E-state index in [-0.39, 0.29) is 11.7 Å². The van der Waals surface area contributed by atoms with E-state index in [1.54, 1.807) is 11.3 Å². The van der Waals surface area contributed by atoms with Crippen LogP contribution in [-0.2, 0) is 11.2 Å². The molecule has 2 rings (SSSR count). The third-order valence-corrected chi connectivity index (χ3v) is 4.90. The van der Waals surface area contributed by atoms with E-state index in [1.807, 2.05) is 12.3 Å². The molecule has 1 aliphatic rings. The van der Waals surface area contributed by atoms with Gasteiger partial charge in [-0.05, 0) is 19.8 Å². The van der Waals surface area contributed by atoms with Gasteiger partial charge in [0.1, 0.15) is 5.41 Å². The topological polar surface area (TPSA) is 101 Å². The van der Waals surface area contributed by atoms with E-state index in [4.69, 9.17) is 10.9 Å². The van der Waals surface area contributed by atoms with Gasteiger partial charge in [-0.15, -0.1) is 11.3 Å². The van der Waals surface area contributed by atoms with E-state index in [2.05, 4.69) is 15.5 Å². The summed E-state index contributed by atoms with van der Waals surface area (Å²) < 4.78 is 0. The number of oxime groups is 1. The Morgan fingerprint density at radius 3 is 2.81 bits per heavy atom. The number of hydrogen-bond acceptors (Lipinski definition) is 5. The van der Waals surface area contributed by atoms with E-state index in [0.717, 1.165) is 30.0 Å². The van der Waals surface area contributed by atoms with Gasteiger partial charge in [0.15, 0.2) is 5.84 Å². The fraction of sp³-hybridized carbons (Fsp3) is 0.643. The second kappa shape index (κ2) is 6.89. The predicted octanol–water partition coefficient (Wildman–Crippen LogP) is 1.81. The summed E-state index contributed by atoms with van der Waals surface area (Å²) in [6.45, 7) is 2.48. The standard InChI is InChI=1S/C14H22N4O2S/c1-10-17-11(9-21-10)5-8-16-13(19)14(12(15)18-20)6-3-2-4-7-14/h9,20H,2-8H2,1H3,(H2,15,18)(H,16,19). The minimum atomic E-state index is -0.842. The van der Waals surface area contributed by atoms with Gasteiger partial charge < -0.3 is 16.3 Å². The average Bonchev–Trinajstić information content (AvgIpc) is 2.92. The summed E-state index contributed by atoms with van der Waals surface area (Å²) in [5.74, 6) is -0.103. The quantitative estimate of drug-likeness (QED) is 0.334. The van der Waals surface area contributed by atoms with Gasteiger partial charge in [-0.2, -0.15) is 0 Å². The number of aryl methyl sites for hydroxylation is 1. The van der Waals surface area contributed by atoms with Crippen LogP contribution in [0.2, 0.25) is 0 Å². The highest BCUT2D eigenvalue weighted by Gasteiger charge is 2.43. The first-order chi connectivity index (χ1) is 10.1. The molecule has 0 unspecified atom stereocenters. The van der Waals surface area contributed by atoms with Crippen molar-refractivity contribution in [3.05, 3.63) is 16.1 Å². The zero-order chi connectivity index (χ0) is 15.3. The zero-order valence-corrected chi connectivity index (χ0v) is 13.1. The smallest absolute Gasteiger partial charge is 0.233 e. The molecule has 1 heterocycles. The summed E-state index contributed by atoms with van der Waals surface area (Å²) in [5.41, 5.74) is 5.94. The molecule has 0 radical (unpaired) electrons. The molecule has 116 valence electrons. The van der Waals surface area contributed by atoms with Gasteiger partial charge in [-0.25, -0.2) is 4.98 Å². The first-order valence-electron chi connectivity index (χ1n) is 7.26. The summed E-state index contributed by atoms with van der Waals surface area (Å²) in [4.78, 5) is 16.9. The molecule has 0 aliphatic heterocycles. The Hall–Kier alpha value is -1.63. The van der Waals surface area contributed by atoms with Gasteiger partial charge in [0.05, 0.1) is 10.7 Å². The molecule has 0 bridgehead atoms. The fourth-order valence-corrected chi connectivity index (χ4v) is 3.49. The van der Waals surface area contributed by atoms with E-state index < -0.39 is 5.41 Å². The molecule has 1 amide bonds. The van der Waals surface area contributed by atoms with Gasteiger partial charge >= 0.3 is 0 Å². The number of nitrogens with two attached hydrogens (primary N) is 1. The van der Waals surface area contributed by atoms with Gasteiger partial charge in [-0.3, -0.25) is 4.79 Å². The van der Waals surface area contributed by atoms with E-state index >= 15 is 0 Å². The maximum Gasteiger partial charge on any atom is 0.233 e. The van der Waals surface area contributed by atoms with Gasteiger partial charge in [0.2, 0.25) is 5.91 Å². The minimum absolute atomic E-state index is 0.0317. The molecule has 1 aromatic heterocycles. The lowest BCUT2D eigenvalue weighted by Gasteiger charge is -2.34. The molecule has 1 fully saturated rings. The molecule has 1 aromatic rings. The second-order valence-corrected chi connectivity index (χ2v) is 6.55. The Morgan fingerprint density at radius 2 is 2.24 bits per heavy atom. The first-order valence-corrected chi connectivity index (χ1v) is 8.14. The lowest BCUT2D eigenvalue weighted by Crippen LogP contribution is -2.51. The normalized spacial score (nSPS) is 18.4. The third-order valence-electron chi connectivity index (χ3n) is 4.07. The summed E-state index contributed by atoms with van der Waals surface area (Å²) in [6, 6.07) is 0. The summed E-state index contributed by atoms with van der Waals surface area (Å²) >= 11 is 1.60. The molecule has 0 atom stereocenters. The molecule has 1 saturated carbocycles. The van der Waals surface area contributed by atoms with Crippen molar-refractivity contribution >= 4 is 23.1 Å². The van der Waals surface area contributed by atoms with E-state index in [0.29, 0.717) is 25.8 Å². The summed E-state index contributed by atoms with van der Waals surface area (Å²) in [6.07, 6.45) is 4.92. The van der Waals surface area contributed by atoms with Crippen molar-refractivity contribution in [2.45, 2.75) is 45.4 Å². The van der Waals surface area contributed by atoms with Crippen LogP contribution in [0, 0.1) is 12.3 Å². The SMILES string of the molecule is Cc1nc(CCNC(=O)C2(C(N)=NO)CCCCC2)cs1. The molecule has 7 heteroatoms. The molecule has 0 spiro atoms. The third kappa shape index (κ3) is 3.53. The molecule has 0 saturated heterocycles. The Bertz CT molecular complexity index is 521. The highest BCUT2D eigenvalue weighted by atomic mass is 32.1. The van der Waals surface area contributed by atoms with Gasteiger partial charge in [0.25, 0.3) is 0 Å². The van der Waals surface area contributed by atoms with Crippen molar-refractivity contribution in [3.63, 3.8) is 0 Å². The zero-order valence-electron chi connectivity index (χ0n) is 12.3. The van der Waals surface area contributed by atoms with Crippen molar-refractivity contribution in [2.24, 2.45) is 16.3 Å². The first kappa shape index (κ1) is 15.8. The number of thiazole rings is 1. The van der Waals surface area contributed by atoms with Gasteiger partial charge in [0, 0.05) is 18.3 Å². The maximum absolute atomic E-state index is 12.5. The predicted molar refractivity (Wildman–Crippen MR) is 82.5 cm³/mol. The Morgan fingerprint density at radius 1 is 1.52 bits per heavy atom. The van der Waals surface area contributed by atoms with Crippen LogP contribution in [0.15, 0.2) is 10.5 Å². The lowest BCUT2D eigenvalue weighted by molar-refractivity contribution is -0.129. The highest BCUT2D eigenvalue weighted by molar-refractivity contribution is 7.09. The number of amides is 1. The fourth-order valence-electron chi connectivity index (χ4n) is 2.85. The largest absolute Gasteiger partial charge is 0.409 e. The lowest BCUT2D eigenvalue weighted by atomic mass is 9.72. The van der Waals surface area contributed by atoms with Crippen molar-refractivity contribution in [2.75, 3.05) is 6.54 Å². The van der Waals surface area contributed by atoms with Crippen LogP contribution in [0.1, 0.15) is 42.8 Å². The van der Waals surface area contributed by atoms with Crippen molar-refractivity contribution in [3.8, 4) is 0 Å². The second-order valence-electron chi connectivity index (χ2n) is 5.49. The highest BCUT2D eigenvalue weighted by Crippen LogP contribution is 2.36. The van der Waals surface area contributed by atoms with E-state index in [1.165, 1.54) is 0 Å². The van der Waals surface area contributed by atoms with Gasteiger partial charge in [-0.1, -0.05) is 24.4 Å². The minimum Gasteiger partial charge on any atom is -0.409 e. The molecule has 1 aliphatic carbocycles. The van der Waals surface area contributed by atoms with Crippen LogP contribution in [0.5, 0.6) is 0 Å². The molecular formula is C14H22N4O2S. The number of carbonyl (C=O) groups excluding carboxylic acids is 1. The number of aromatic nitrogens is 1. The van der Waals surface area contributed by atoms with Crippen molar-refractivity contribution in [1.29, 1.82) is 0 Å². The van der Waals surface area contributed by atoms with E-state index in [9.17, 15) is 4.79 Å². The molecule has 4 N–H and O–H groups in total. The number of nitrogens with zero attached hydrogens (tertiary/aromatic N) is 2. The van der Waals surface area contributed by atoms with Crippen LogP contribution in [-0.4, -0.2) is 28.5 Å².